The van der Waals surface area contributed by atoms with Crippen molar-refractivity contribution in [3.63, 3.8) is 0 Å². The van der Waals surface area contributed by atoms with Crippen LogP contribution in [0, 0.1) is 17.0 Å². The van der Waals surface area contributed by atoms with Crippen molar-refractivity contribution in [1.82, 2.24) is 25.1 Å². The van der Waals surface area contributed by atoms with Gasteiger partial charge in [-0.05, 0) is 66.5 Å². The second-order valence-electron chi connectivity index (χ2n) is 11.6. The normalized spacial score (nSPS) is 21.0. The molecule has 0 radical (unpaired) electrons. The Balaban J connectivity index is 1.37. The van der Waals surface area contributed by atoms with Crippen molar-refractivity contribution in [3.8, 4) is 22.5 Å². The minimum absolute atomic E-state index is 0.0176. The van der Waals surface area contributed by atoms with Crippen LogP contribution in [0.15, 0.2) is 55.0 Å². The predicted molar refractivity (Wildman–Crippen MR) is 152 cm³/mol. The van der Waals surface area contributed by atoms with Gasteiger partial charge in [0.15, 0.2) is 0 Å². The summed E-state index contributed by atoms with van der Waals surface area (Å²) in [6.45, 7) is 4.69. The lowest BCUT2D eigenvalue weighted by molar-refractivity contribution is 0.0809. The fraction of sp³-hybridized carbons (Fsp3) is 0.367. The van der Waals surface area contributed by atoms with E-state index in [1.54, 1.807) is 30.7 Å². The molecule has 7 rings (SSSR count). The van der Waals surface area contributed by atoms with Crippen molar-refractivity contribution in [2.45, 2.75) is 44.4 Å². The van der Waals surface area contributed by atoms with Crippen molar-refractivity contribution < 1.29 is 17.2 Å². The number of hydrogen-bond acceptors (Lipinski definition) is 8. The van der Waals surface area contributed by atoms with E-state index in [0.717, 1.165) is 41.8 Å². The number of aromatic nitrogens is 5. The number of benzene rings is 1. The molecule has 0 unspecified atom stereocenters. The Labute approximate surface area is 237 Å². The first kappa shape index (κ1) is 27.3. The molecule has 3 heterocycles. The van der Waals surface area contributed by atoms with Gasteiger partial charge in [0.05, 0.1) is 45.7 Å². The monoisotopic (exact) mass is 576 g/mol. The first-order valence-corrected chi connectivity index (χ1v) is 15.6. The number of nitrogens with zero attached hydrogens (tertiary/aromatic N) is 5. The molecule has 41 heavy (non-hydrogen) atoms. The molecule has 3 aliphatic carbocycles. The molecule has 2 bridgehead atoms. The fourth-order valence-electron chi connectivity index (χ4n) is 6.56. The summed E-state index contributed by atoms with van der Waals surface area (Å²) in [7, 11) is -3.07. The molecule has 0 amide bonds. The van der Waals surface area contributed by atoms with E-state index < -0.39 is 26.9 Å². The van der Waals surface area contributed by atoms with Gasteiger partial charge < -0.3 is 5.32 Å². The molecular weight excluding hydrogens is 546 g/mol. The summed E-state index contributed by atoms with van der Waals surface area (Å²) in [4.78, 5) is 14.0. The second-order valence-corrected chi connectivity index (χ2v) is 13.9. The second kappa shape index (κ2) is 9.90. The lowest BCUT2D eigenvalue weighted by Gasteiger charge is -2.56. The van der Waals surface area contributed by atoms with Crippen LogP contribution in [0.3, 0.4) is 0 Å². The van der Waals surface area contributed by atoms with Crippen molar-refractivity contribution in [1.29, 1.82) is 0 Å². The highest BCUT2D eigenvalue weighted by Crippen LogP contribution is 2.63. The summed E-state index contributed by atoms with van der Waals surface area (Å²) in [6, 6.07) is 9.24. The van der Waals surface area contributed by atoms with E-state index in [4.69, 9.17) is 4.98 Å². The topological polar surface area (TPSA) is 111 Å². The van der Waals surface area contributed by atoms with Gasteiger partial charge in [-0.15, -0.1) is 5.10 Å². The maximum atomic E-state index is 14.6. The summed E-state index contributed by atoms with van der Waals surface area (Å²) in [5.41, 5.74) is 3.16. The first-order chi connectivity index (χ1) is 19.5. The molecule has 1 saturated carbocycles. The number of sulfone groups is 1. The minimum Gasteiger partial charge on any atom is -0.369 e. The van der Waals surface area contributed by atoms with Gasteiger partial charge in [-0.25, -0.2) is 27.2 Å². The molecule has 0 saturated heterocycles. The summed E-state index contributed by atoms with van der Waals surface area (Å²) in [5.74, 6) is -0.547. The van der Waals surface area contributed by atoms with Crippen LogP contribution in [0.1, 0.15) is 56.0 Å². The molecule has 212 valence electrons. The number of pyridine rings is 1. The number of rotatable bonds is 7. The van der Waals surface area contributed by atoms with Crippen LogP contribution in [0.25, 0.3) is 22.5 Å². The van der Waals surface area contributed by atoms with Crippen LogP contribution >= 0.6 is 0 Å². The van der Waals surface area contributed by atoms with Crippen LogP contribution in [-0.2, 0) is 15.3 Å². The predicted octanol–water partition coefficient (Wildman–Crippen LogP) is 5.32. The Morgan fingerprint density at radius 2 is 1.80 bits per heavy atom. The van der Waals surface area contributed by atoms with Crippen LogP contribution in [0.5, 0.6) is 0 Å². The van der Waals surface area contributed by atoms with Crippen molar-refractivity contribution in [2.75, 3.05) is 23.9 Å². The zero-order chi connectivity index (χ0) is 29.0. The van der Waals surface area contributed by atoms with Crippen molar-refractivity contribution >= 4 is 15.7 Å². The molecule has 3 aromatic heterocycles. The average molecular weight is 577 g/mol. The van der Waals surface area contributed by atoms with E-state index in [1.165, 1.54) is 24.5 Å². The summed E-state index contributed by atoms with van der Waals surface area (Å²) in [6.07, 6.45) is 8.91. The lowest BCUT2D eigenvalue weighted by Crippen LogP contribution is -2.53. The minimum atomic E-state index is -3.07. The van der Waals surface area contributed by atoms with Gasteiger partial charge in [0.1, 0.15) is 27.3 Å². The molecular formula is C30H30F2N6O2S. The highest BCUT2D eigenvalue weighted by atomic mass is 32.2. The zero-order valence-electron chi connectivity index (χ0n) is 23.0. The van der Waals surface area contributed by atoms with Crippen LogP contribution in [-0.4, -0.2) is 52.1 Å². The first-order valence-electron chi connectivity index (χ1n) is 13.5. The van der Waals surface area contributed by atoms with Crippen LogP contribution < -0.4 is 5.32 Å². The molecule has 3 aliphatic rings. The highest BCUT2D eigenvalue weighted by molar-refractivity contribution is 7.90. The third-order valence-corrected chi connectivity index (χ3v) is 9.52. The number of anilines is 1. The maximum Gasteiger partial charge on any atom is 0.149 e. The van der Waals surface area contributed by atoms with Gasteiger partial charge >= 0.3 is 0 Å². The van der Waals surface area contributed by atoms with E-state index >= 15 is 0 Å². The molecule has 0 aliphatic heterocycles. The Morgan fingerprint density at radius 1 is 1.02 bits per heavy atom. The Bertz CT molecular complexity index is 1730. The zero-order valence-corrected chi connectivity index (χ0v) is 23.8. The van der Waals surface area contributed by atoms with Crippen LogP contribution in [0.2, 0.25) is 0 Å². The third-order valence-electron chi connectivity index (χ3n) is 8.58. The van der Waals surface area contributed by atoms with Gasteiger partial charge in [0, 0.05) is 30.8 Å². The van der Waals surface area contributed by atoms with E-state index in [1.807, 2.05) is 6.07 Å². The van der Waals surface area contributed by atoms with Gasteiger partial charge in [-0.2, -0.15) is 5.10 Å². The number of hydrogen-bond donors (Lipinski definition) is 1. The fourth-order valence-corrected chi connectivity index (χ4v) is 7.03. The van der Waals surface area contributed by atoms with Crippen molar-refractivity contribution in [3.05, 3.63) is 83.6 Å². The Kier molecular flexibility index (Phi) is 6.60. The molecule has 8 nitrogen and oxygen atoms in total. The Morgan fingerprint density at radius 3 is 2.49 bits per heavy atom. The van der Waals surface area contributed by atoms with Gasteiger partial charge in [-0.3, -0.25) is 4.98 Å². The number of nitrogens with one attached hydrogen (secondary N) is 1. The van der Waals surface area contributed by atoms with Gasteiger partial charge in [0.25, 0.3) is 0 Å². The Hall–Kier alpha value is -3.86. The van der Waals surface area contributed by atoms with Gasteiger partial charge in [0.2, 0.25) is 0 Å². The summed E-state index contributed by atoms with van der Waals surface area (Å²) >= 11 is 0. The van der Waals surface area contributed by atoms with E-state index in [9.17, 15) is 17.2 Å². The molecule has 2 atom stereocenters. The molecule has 1 N–H and O–H groups in total. The SMILES string of the molecule is CC1(C)C[C@H]2CC[C@]1(c1cncc(-c3ccc(NCCS(C)(=O)=O)nc3)n1)c1nnc(-c3c(F)cccc3F)cc12. The molecule has 1 fully saturated rings. The van der Waals surface area contributed by atoms with Gasteiger partial charge in [-0.1, -0.05) is 19.9 Å². The quantitative estimate of drug-likeness (QED) is 0.315. The largest absolute Gasteiger partial charge is 0.369 e. The molecule has 4 aromatic rings. The summed E-state index contributed by atoms with van der Waals surface area (Å²) in [5, 5.41) is 12.0. The third kappa shape index (κ3) is 4.75. The highest BCUT2D eigenvalue weighted by Gasteiger charge is 2.59. The van der Waals surface area contributed by atoms with Crippen LogP contribution in [0.4, 0.5) is 14.6 Å². The number of halogens is 2. The van der Waals surface area contributed by atoms with E-state index in [2.05, 4.69) is 39.3 Å². The van der Waals surface area contributed by atoms with E-state index in [0.29, 0.717) is 11.5 Å². The maximum absolute atomic E-state index is 14.6. The van der Waals surface area contributed by atoms with E-state index in [-0.39, 0.29) is 34.9 Å². The average Bonchev–Trinajstić information content (AvgIpc) is 2.93. The summed E-state index contributed by atoms with van der Waals surface area (Å²) < 4.78 is 52.0. The standard InChI is InChI=1S/C30H30F2N6O2S/c1-29(2)14-18-9-10-30(29,28-20(18)13-23(37-38-28)27-21(31)5-4-6-22(27)32)25-17-33-16-24(36-25)19-7-8-26(35-15-19)34-11-12-41(3,39)40/h4-8,13,15-18H,9-12,14H2,1-3H3,(H,34,35)/t18-,30+/m1/s1. The number of fused-ring (bicyclic) bond motifs is 2. The smallest absolute Gasteiger partial charge is 0.149 e. The molecule has 1 aromatic carbocycles. The van der Waals surface area contributed by atoms with Crippen molar-refractivity contribution in [2.24, 2.45) is 5.41 Å². The lowest BCUT2D eigenvalue weighted by atomic mass is 9.47. The molecule has 11 heteroatoms. The molecule has 0 spiro atoms.